The first-order valence-corrected chi connectivity index (χ1v) is 9.56. The number of fused-ring (bicyclic) bond motifs is 1. The van der Waals surface area contributed by atoms with Crippen LogP contribution in [0.5, 0.6) is 0 Å². The Balaban J connectivity index is 0.000000487. The Morgan fingerprint density at radius 2 is 1.85 bits per heavy atom. The van der Waals surface area contributed by atoms with Crippen LogP contribution in [-0.4, -0.2) is 58.8 Å². The molecule has 7 nitrogen and oxygen atoms in total. The molecular formula is C18H26N2O5S. The van der Waals surface area contributed by atoms with Crippen LogP contribution in [0.15, 0.2) is 23.1 Å². The standard InChI is InChI=1S/C16H24N2OS.C2H2O4/c1-3-7-18(8-4-2)10-13-11-20-16-6-5-14(17-12-19)9-15(13)16;3-1(4)2(5)6/h5-6,9,12-13H,3-4,7-8,10-11H2,1-2H3,(H,17,19);(H,3,4)(H,5,6). The van der Waals surface area contributed by atoms with Gasteiger partial charge in [0.05, 0.1) is 0 Å². The maximum absolute atomic E-state index is 10.6. The van der Waals surface area contributed by atoms with Gasteiger partial charge >= 0.3 is 11.9 Å². The van der Waals surface area contributed by atoms with Crippen LogP contribution in [0.2, 0.25) is 0 Å². The van der Waals surface area contributed by atoms with Crippen molar-refractivity contribution in [2.75, 3.05) is 30.7 Å². The molecule has 0 saturated carbocycles. The van der Waals surface area contributed by atoms with Gasteiger partial charge in [0, 0.05) is 28.8 Å². The predicted molar refractivity (Wildman–Crippen MR) is 102 cm³/mol. The average Bonchev–Trinajstić information content (AvgIpc) is 2.98. The maximum atomic E-state index is 10.6. The number of aliphatic carboxylic acids is 2. The average molecular weight is 382 g/mol. The molecule has 0 bridgehead atoms. The first kappa shape index (κ1) is 22.0. The predicted octanol–water partition coefficient (Wildman–Crippen LogP) is 2.72. The molecule has 1 aromatic carbocycles. The minimum absolute atomic E-state index is 0.585. The van der Waals surface area contributed by atoms with Crippen molar-refractivity contribution in [3.63, 3.8) is 0 Å². The van der Waals surface area contributed by atoms with E-state index in [2.05, 4.69) is 36.2 Å². The van der Waals surface area contributed by atoms with Gasteiger partial charge in [-0.1, -0.05) is 13.8 Å². The fourth-order valence-electron chi connectivity index (χ4n) is 2.83. The summed E-state index contributed by atoms with van der Waals surface area (Å²) in [7, 11) is 0. The Bertz CT molecular complexity index is 606. The molecule has 0 aliphatic carbocycles. The van der Waals surface area contributed by atoms with Crippen LogP contribution in [0.1, 0.15) is 38.2 Å². The van der Waals surface area contributed by atoms with Gasteiger partial charge in [0.25, 0.3) is 0 Å². The van der Waals surface area contributed by atoms with Crippen LogP contribution in [-0.2, 0) is 14.4 Å². The lowest BCUT2D eigenvalue weighted by molar-refractivity contribution is -0.159. The van der Waals surface area contributed by atoms with Crippen LogP contribution in [0.4, 0.5) is 5.69 Å². The van der Waals surface area contributed by atoms with Gasteiger partial charge in [0.2, 0.25) is 6.41 Å². The fourth-order valence-corrected chi connectivity index (χ4v) is 4.05. The zero-order valence-electron chi connectivity index (χ0n) is 15.1. The Labute approximate surface area is 157 Å². The minimum atomic E-state index is -1.82. The number of hydrogen-bond acceptors (Lipinski definition) is 5. The van der Waals surface area contributed by atoms with Crippen LogP contribution in [0, 0.1) is 0 Å². The molecule has 1 aliphatic heterocycles. The summed E-state index contributed by atoms with van der Waals surface area (Å²) in [6.07, 6.45) is 3.16. The quantitative estimate of drug-likeness (QED) is 0.469. The molecule has 8 heteroatoms. The largest absolute Gasteiger partial charge is 0.473 e. The molecule has 26 heavy (non-hydrogen) atoms. The number of amides is 1. The summed E-state index contributed by atoms with van der Waals surface area (Å²) in [5.74, 6) is -1.91. The third-order valence-corrected chi connectivity index (χ3v) is 5.11. The van der Waals surface area contributed by atoms with Crippen LogP contribution >= 0.6 is 11.8 Å². The molecule has 0 radical (unpaired) electrons. The topological polar surface area (TPSA) is 107 Å². The van der Waals surface area contributed by atoms with Gasteiger partial charge in [-0.15, -0.1) is 11.8 Å². The highest BCUT2D eigenvalue weighted by Crippen LogP contribution is 2.41. The van der Waals surface area contributed by atoms with E-state index in [1.807, 2.05) is 17.8 Å². The number of nitrogens with zero attached hydrogens (tertiary/aromatic N) is 1. The van der Waals surface area contributed by atoms with E-state index >= 15 is 0 Å². The van der Waals surface area contributed by atoms with E-state index in [1.54, 1.807) is 0 Å². The number of carbonyl (C=O) groups is 3. The highest BCUT2D eigenvalue weighted by atomic mass is 32.2. The Morgan fingerprint density at radius 1 is 1.23 bits per heavy atom. The summed E-state index contributed by atoms with van der Waals surface area (Å²) in [5, 5.41) is 17.5. The highest BCUT2D eigenvalue weighted by molar-refractivity contribution is 7.99. The number of benzene rings is 1. The van der Waals surface area contributed by atoms with E-state index in [0.717, 1.165) is 24.4 Å². The maximum Gasteiger partial charge on any atom is 0.414 e. The first-order chi connectivity index (χ1) is 12.4. The SMILES string of the molecule is CCCN(CCC)CC1CSc2ccc(NC=O)cc21.O=C(O)C(=O)O. The number of carboxylic acid groups (broad SMARTS) is 2. The molecule has 1 atom stereocenters. The molecule has 144 valence electrons. The minimum Gasteiger partial charge on any atom is -0.473 e. The molecule has 0 saturated heterocycles. The van der Waals surface area contributed by atoms with E-state index in [1.165, 1.54) is 36.4 Å². The van der Waals surface area contributed by atoms with Crippen molar-refractivity contribution >= 4 is 35.8 Å². The number of carbonyl (C=O) groups excluding carboxylic acids is 1. The third-order valence-electron chi connectivity index (χ3n) is 3.86. The number of carboxylic acids is 2. The smallest absolute Gasteiger partial charge is 0.414 e. The molecule has 3 N–H and O–H groups in total. The van der Waals surface area contributed by atoms with E-state index in [-0.39, 0.29) is 0 Å². The van der Waals surface area contributed by atoms with Gasteiger partial charge in [-0.05, 0) is 49.7 Å². The second-order valence-corrected chi connectivity index (χ2v) is 7.00. The van der Waals surface area contributed by atoms with Crippen LogP contribution < -0.4 is 5.32 Å². The zero-order chi connectivity index (χ0) is 19.5. The van der Waals surface area contributed by atoms with Crippen LogP contribution in [0.3, 0.4) is 0 Å². The van der Waals surface area contributed by atoms with Crippen molar-refractivity contribution in [3.05, 3.63) is 23.8 Å². The number of hydrogen-bond donors (Lipinski definition) is 3. The summed E-state index contributed by atoms with van der Waals surface area (Å²) in [6, 6.07) is 6.26. The van der Waals surface area contributed by atoms with Crippen molar-refractivity contribution < 1.29 is 24.6 Å². The summed E-state index contributed by atoms with van der Waals surface area (Å²) in [5.41, 5.74) is 2.31. The van der Waals surface area contributed by atoms with Crippen molar-refractivity contribution in [3.8, 4) is 0 Å². The molecule has 0 aromatic heterocycles. The second kappa shape index (κ2) is 11.5. The monoisotopic (exact) mass is 382 g/mol. The summed E-state index contributed by atoms with van der Waals surface area (Å²) in [6.45, 7) is 7.97. The zero-order valence-corrected chi connectivity index (χ0v) is 15.9. The van der Waals surface area contributed by atoms with Crippen molar-refractivity contribution in [2.24, 2.45) is 0 Å². The number of nitrogens with one attached hydrogen (secondary N) is 1. The normalized spacial score (nSPS) is 15.0. The molecule has 1 heterocycles. The molecule has 0 fully saturated rings. The second-order valence-electron chi connectivity index (χ2n) is 5.93. The number of anilines is 1. The molecular weight excluding hydrogens is 356 g/mol. The van der Waals surface area contributed by atoms with Gasteiger partial charge in [-0.25, -0.2) is 9.59 Å². The number of rotatable bonds is 8. The van der Waals surface area contributed by atoms with Crippen LogP contribution in [0.25, 0.3) is 0 Å². The lowest BCUT2D eigenvalue weighted by Gasteiger charge is -2.25. The molecule has 2 rings (SSSR count). The van der Waals surface area contributed by atoms with E-state index < -0.39 is 11.9 Å². The summed E-state index contributed by atoms with van der Waals surface area (Å²) in [4.78, 5) is 32.7. The van der Waals surface area contributed by atoms with Crippen molar-refractivity contribution in [2.45, 2.75) is 37.5 Å². The van der Waals surface area contributed by atoms with E-state index in [4.69, 9.17) is 19.8 Å². The molecule has 1 aliphatic rings. The Morgan fingerprint density at radius 3 is 2.35 bits per heavy atom. The van der Waals surface area contributed by atoms with Gasteiger partial charge in [0.1, 0.15) is 0 Å². The number of thioether (sulfide) groups is 1. The van der Waals surface area contributed by atoms with Gasteiger partial charge in [-0.2, -0.15) is 0 Å². The van der Waals surface area contributed by atoms with Gasteiger partial charge in [-0.3, -0.25) is 4.79 Å². The fraction of sp³-hybridized carbons (Fsp3) is 0.500. The van der Waals surface area contributed by atoms with E-state index in [9.17, 15) is 4.79 Å². The Hall–Kier alpha value is -2.06. The molecule has 1 unspecified atom stereocenters. The molecule has 0 spiro atoms. The lowest BCUT2D eigenvalue weighted by Crippen LogP contribution is -2.30. The highest BCUT2D eigenvalue weighted by Gasteiger charge is 2.25. The van der Waals surface area contributed by atoms with Gasteiger partial charge in [0.15, 0.2) is 0 Å². The van der Waals surface area contributed by atoms with Gasteiger partial charge < -0.3 is 20.4 Å². The lowest BCUT2D eigenvalue weighted by atomic mass is 10.00. The van der Waals surface area contributed by atoms with Crippen molar-refractivity contribution in [1.29, 1.82) is 0 Å². The summed E-state index contributed by atoms with van der Waals surface area (Å²) < 4.78 is 0. The van der Waals surface area contributed by atoms with Crippen molar-refractivity contribution in [1.82, 2.24) is 4.90 Å². The Kier molecular flexibility index (Phi) is 9.75. The molecule has 1 aromatic rings. The van der Waals surface area contributed by atoms with E-state index in [0.29, 0.717) is 5.92 Å². The first-order valence-electron chi connectivity index (χ1n) is 8.58. The summed E-state index contributed by atoms with van der Waals surface area (Å²) >= 11 is 1.94. The molecule has 1 amide bonds. The third kappa shape index (κ3) is 7.05.